The number of nitrogens with one attached hydrogen (secondary N) is 1. The lowest BCUT2D eigenvalue weighted by molar-refractivity contribution is 0.152. The molecule has 0 saturated carbocycles. The van der Waals surface area contributed by atoms with E-state index >= 15 is 0 Å². The van der Waals surface area contributed by atoms with Gasteiger partial charge in [0.05, 0.1) is 6.61 Å². The summed E-state index contributed by atoms with van der Waals surface area (Å²) in [5, 5.41) is 3.50. The van der Waals surface area contributed by atoms with Crippen LogP contribution in [0.4, 0.5) is 0 Å². The first-order chi connectivity index (χ1) is 11.3. The minimum atomic E-state index is 0.355. The number of ether oxygens (including phenoxy) is 1. The summed E-state index contributed by atoms with van der Waals surface area (Å²) in [6.07, 6.45) is 4.82. The van der Waals surface area contributed by atoms with E-state index in [4.69, 9.17) is 4.74 Å². The number of hydrogen-bond acceptors (Lipinski definition) is 4. The Morgan fingerprint density at radius 1 is 1.39 bits per heavy atom. The first-order valence-electron chi connectivity index (χ1n) is 8.10. The second kappa shape index (κ2) is 6.59. The average molecular weight is 374 g/mol. The molecule has 3 heterocycles. The van der Waals surface area contributed by atoms with E-state index in [0.717, 1.165) is 49.4 Å². The Morgan fingerprint density at radius 3 is 3.22 bits per heavy atom. The van der Waals surface area contributed by atoms with Crippen LogP contribution < -0.4 is 10.1 Å². The van der Waals surface area contributed by atoms with Gasteiger partial charge in [-0.1, -0.05) is 22.0 Å². The molecule has 23 heavy (non-hydrogen) atoms. The molecule has 0 bridgehead atoms. The Bertz CT molecular complexity index is 692. The standard InChI is InChI=1S/C18H20BrN3O/c19-16-8-13-3-7-23-18(13)15(9-16)12-22-6-5-21-11-17(22)14-2-1-4-20-10-14/h1-2,4,8-10,17,21H,3,5-7,11-12H2. The molecule has 1 atom stereocenters. The summed E-state index contributed by atoms with van der Waals surface area (Å²) in [5.41, 5.74) is 3.87. The van der Waals surface area contributed by atoms with Crippen molar-refractivity contribution in [1.29, 1.82) is 0 Å². The van der Waals surface area contributed by atoms with E-state index in [1.54, 1.807) is 0 Å². The van der Waals surface area contributed by atoms with Crippen LogP contribution in [0.5, 0.6) is 5.75 Å². The van der Waals surface area contributed by atoms with E-state index in [1.165, 1.54) is 16.7 Å². The molecule has 0 aliphatic carbocycles. The minimum Gasteiger partial charge on any atom is -0.493 e. The van der Waals surface area contributed by atoms with Gasteiger partial charge in [-0.25, -0.2) is 0 Å². The molecule has 1 N–H and O–H groups in total. The maximum Gasteiger partial charge on any atom is 0.127 e. The van der Waals surface area contributed by atoms with Crippen LogP contribution >= 0.6 is 15.9 Å². The van der Waals surface area contributed by atoms with Crippen molar-refractivity contribution in [3.05, 3.63) is 57.8 Å². The van der Waals surface area contributed by atoms with Gasteiger partial charge >= 0.3 is 0 Å². The predicted octanol–water partition coefficient (Wildman–Crippen LogP) is 2.93. The van der Waals surface area contributed by atoms with E-state index in [-0.39, 0.29) is 0 Å². The van der Waals surface area contributed by atoms with Crippen LogP contribution in [0.3, 0.4) is 0 Å². The summed E-state index contributed by atoms with van der Waals surface area (Å²) in [6.45, 7) is 4.72. The molecule has 2 aromatic rings. The first kappa shape index (κ1) is 15.1. The number of fused-ring (bicyclic) bond motifs is 1. The maximum atomic E-state index is 5.89. The molecule has 4 rings (SSSR count). The Morgan fingerprint density at radius 2 is 2.35 bits per heavy atom. The Labute approximate surface area is 145 Å². The number of halogens is 1. The van der Waals surface area contributed by atoms with E-state index in [0.29, 0.717) is 6.04 Å². The van der Waals surface area contributed by atoms with Crippen LogP contribution in [0.2, 0.25) is 0 Å². The minimum absolute atomic E-state index is 0.355. The summed E-state index contributed by atoms with van der Waals surface area (Å²) >= 11 is 3.64. The monoisotopic (exact) mass is 373 g/mol. The van der Waals surface area contributed by atoms with E-state index in [9.17, 15) is 0 Å². The Balaban J connectivity index is 1.62. The van der Waals surface area contributed by atoms with Crippen LogP contribution in [0, 0.1) is 0 Å². The summed E-state index contributed by atoms with van der Waals surface area (Å²) in [5.74, 6) is 1.09. The zero-order valence-electron chi connectivity index (χ0n) is 13.0. The van der Waals surface area contributed by atoms with Gasteiger partial charge in [-0.15, -0.1) is 0 Å². The molecule has 1 fully saturated rings. The van der Waals surface area contributed by atoms with Gasteiger partial charge in [0.25, 0.3) is 0 Å². The second-order valence-corrected chi connectivity index (χ2v) is 7.04. The highest BCUT2D eigenvalue weighted by Gasteiger charge is 2.26. The normalized spacial score (nSPS) is 21.0. The molecule has 1 saturated heterocycles. The largest absolute Gasteiger partial charge is 0.493 e. The Kier molecular flexibility index (Phi) is 4.33. The molecule has 120 valence electrons. The number of rotatable bonds is 3. The summed E-state index contributed by atoms with van der Waals surface area (Å²) in [6, 6.07) is 8.92. The average Bonchev–Trinajstić information content (AvgIpc) is 3.04. The van der Waals surface area contributed by atoms with Crippen LogP contribution in [0.25, 0.3) is 0 Å². The Hall–Kier alpha value is -1.43. The fourth-order valence-corrected chi connectivity index (χ4v) is 4.07. The van der Waals surface area contributed by atoms with Gasteiger partial charge in [-0.2, -0.15) is 0 Å². The third-order valence-corrected chi connectivity index (χ3v) is 5.08. The van der Waals surface area contributed by atoms with E-state index < -0.39 is 0 Å². The number of nitrogens with zero attached hydrogens (tertiary/aromatic N) is 2. The van der Waals surface area contributed by atoms with Crippen molar-refractivity contribution < 1.29 is 4.74 Å². The van der Waals surface area contributed by atoms with Gasteiger partial charge in [0.15, 0.2) is 0 Å². The maximum absolute atomic E-state index is 5.89. The SMILES string of the molecule is Brc1cc2c(c(CN3CCNCC3c3cccnc3)c1)OCC2. The molecular weight excluding hydrogens is 354 g/mol. The topological polar surface area (TPSA) is 37.4 Å². The van der Waals surface area contributed by atoms with Crippen LogP contribution in [0.15, 0.2) is 41.1 Å². The van der Waals surface area contributed by atoms with Gasteiger partial charge in [0.1, 0.15) is 5.75 Å². The third kappa shape index (κ3) is 3.13. The van der Waals surface area contributed by atoms with Crippen molar-refractivity contribution in [3.63, 3.8) is 0 Å². The third-order valence-electron chi connectivity index (χ3n) is 4.62. The predicted molar refractivity (Wildman–Crippen MR) is 93.6 cm³/mol. The van der Waals surface area contributed by atoms with Gasteiger partial charge in [0.2, 0.25) is 0 Å². The van der Waals surface area contributed by atoms with Gasteiger partial charge in [0, 0.05) is 61.1 Å². The lowest BCUT2D eigenvalue weighted by Gasteiger charge is -2.36. The van der Waals surface area contributed by atoms with Crippen LogP contribution in [-0.4, -0.2) is 36.1 Å². The zero-order valence-corrected chi connectivity index (χ0v) is 14.6. The van der Waals surface area contributed by atoms with Crippen molar-refractivity contribution in [2.45, 2.75) is 19.0 Å². The molecule has 1 aromatic heterocycles. The molecule has 2 aliphatic heterocycles. The molecule has 1 unspecified atom stereocenters. The number of piperazine rings is 1. The molecule has 0 spiro atoms. The molecule has 1 aromatic carbocycles. The molecule has 2 aliphatic rings. The molecule has 5 heteroatoms. The number of pyridine rings is 1. The molecule has 0 amide bonds. The van der Waals surface area contributed by atoms with Gasteiger partial charge in [-0.05, 0) is 29.3 Å². The number of benzene rings is 1. The lowest BCUT2D eigenvalue weighted by atomic mass is 10.0. The van der Waals surface area contributed by atoms with Gasteiger partial charge in [-0.3, -0.25) is 9.88 Å². The van der Waals surface area contributed by atoms with Crippen molar-refractivity contribution in [3.8, 4) is 5.75 Å². The fourth-order valence-electron chi connectivity index (χ4n) is 3.52. The molecular formula is C18H20BrN3O. The molecule has 4 nitrogen and oxygen atoms in total. The van der Waals surface area contributed by atoms with Crippen LogP contribution in [-0.2, 0) is 13.0 Å². The van der Waals surface area contributed by atoms with E-state index in [2.05, 4.69) is 49.3 Å². The fraction of sp³-hybridized carbons (Fsp3) is 0.389. The lowest BCUT2D eigenvalue weighted by Crippen LogP contribution is -2.45. The number of hydrogen-bond donors (Lipinski definition) is 1. The highest BCUT2D eigenvalue weighted by atomic mass is 79.9. The quantitative estimate of drug-likeness (QED) is 0.897. The zero-order chi connectivity index (χ0) is 15.6. The summed E-state index contributed by atoms with van der Waals surface area (Å²) < 4.78 is 7.03. The number of aromatic nitrogens is 1. The van der Waals surface area contributed by atoms with Crippen molar-refractivity contribution in [2.75, 3.05) is 26.2 Å². The van der Waals surface area contributed by atoms with Crippen molar-refractivity contribution in [2.24, 2.45) is 0 Å². The highest BCUT2D eigenvalue weighted by molar-refractivity contribution is 9.10. The smallest absolute Gasteiger partial charge is 0.127 e. The first-order valence-corrected chi connectivity index (χ1v) is 8.89. The van der Waals surface area contributed by atoms with Crippen molar-refractivity contribution >= 4 is 15.9 Å². The van der Waals surface area contributed by atoms with Crippen LogP contribution in [0.1, 0.15) is 22.7 Å². The van der Waals surface area contributed by atoms with Gasteiger partial charge < -0.3 is 10.1 Å². The summed E-state index contributed by atoms with van der Waals surface area (Å²) in [4.78, 5) is 6.81. The van der Waals surface area contributed by atoms with Crippen molar-refractivity contribution in [1.82, 2.24) is 15.2 Å². The van der Waals surface area contributed by atoms with E-state index in [1.807, 2.05) is 18.5 Å². The second-order valence-electron chi connectivity index (χ2n) is 6.13. The molecule has 0 radical (unpaired) electrons. The highest BCUT2D eigenvalue weighted by Crippen LogP contribution is 2.35. The summed E-state index contributed by atoms with van der Waals surface area (Å²) in [7, 11) is 0.